The number of rotatable bonds is 2. The lowest BCUT2D eigenvalue weighted by Gasteiger charge is -2.23. The molecule has 4 nitrogen and oxygen atoms in total. The van der Waals surface area contributed by atoms with Gasteiger partial charge >= 0.3 is 0 Å². The molecular formula is C21H20N2O2. The van der Waals surface area contributed by atoms with Crippen molar-refractivity contribution in [3.63, 3.8) is 0 Å². The number of allylic oxidation sites excluding steroid dienone is 2. The van der Waals surface area contributed by atoms with Gasteiger partial charge in [-0.25, -0.2) is 0 Å². The number of nitrogens with zero attached hydrogens (tertiary/aromatic N) is 1. The lowest BCUT2D eigenvalue weighted by molar-refractivity contribution is 0.102. The molecule has 0 bridgehead atoms. The highest BCUT2D eigenvalue weighted by Crippen LogP contribution is 2.46. The largest absolute Gasteiger partial charge is 0.450 e. The van der Waals surface area contributed by atoms with Gasteiger partial charge in [0.2, 0.25) is 5.78 Å². The van der Waals surface area contributed by atoms with E-state index in [0.29, 0.717) is 11.3 Å². The van der Waals surface area contributed by atoms with Crippen molar-refractivity contribution in [1.82, 2.24) is 0 Å². The summed E-state index contributed by atoms with van der Waals surface area (Å²) in [4.78, 5) is 15.0. The molecule has 1 aromatic heterocycles. The number of likely N-dealkylation sites (N-methyl/N-ethyl adjacent to an activating group) is 1. The Hall–Kier alpha value is -3.01. The second-order valence-corrected chi connectivity index (χ2v) is 6.94. The number of hydrogen-bond donors (Lipinski definition) is 1. The van der Waals surface area contributed by atoms with E-state index >= 15 is 0 Å². The second-order valence-electron chi connectivity index (χ2n) is 6.94. The Morgan fingerprint density at radius 3 is 2.52 bits per heavy atom. The Balaban J connectivity index is 1.80. The molecule has 0 amide bonds. The number of nitrogen functional groups attached to an aromatic ring is 1. The molecule has 0 saturated heterocycles. The number of fused-ring (bicyclic) bond motifs is 2. The fourth-order valence-corrected chi connectivity index (χ4v) is 3.70. The fraction of sp³-hybridized carbons (Fsp3) is 0.190. The molecule has 2 aromatic carbocycles. The van der Waals surface area contributed by atoms with E-state index in [4.69, 9.17) is 10.2 Å². The van der Waals surface area contributed by atoms with Crippen molar-refractivity contribution in [2.45, 2.75) is 19.3 Å². The van der Waals surface area contributed by atoms with Gasteiger partial charge in [-0.1, -0.05) is 44.2 Å². The highest BCUT2D eigenvalue weighted by atomic mass is 16.3. The van der Waals surface area contributed by atoms with Crippen molar-refractivity contribution in [1.29, 1.82) is 0 Å². The lowest BCUT2D eigenvalue weighted by atomic mass is 9.83. The van der Waals surface area contributed by atoms with Crippen molar-refractivity contribution in [2.24, 2.45) is 0 Å². The summed E-state index contributed by atoms with van der Waals surface area (Å²) in [5, 5.41) is 0.770. The molecule has 2 N–H and O–H groups in total. The van der Waals surface area contributed by atoms with Crippen LogP contribution in [0, 0.1) is 0 Å². The zero-order valence-corrected chi connectivity index (χ0v) is 14.5. The maximum Gasteiger partial charge on any atom is 0.224 e. The van der Waals surface area contributed by atoms with E-state index in [-0.39, 0.29) is 17.0 Å². The molecule has 0 aliphatic carbocycles. The number of furan rings is 1. The normalized spacial score (nSPS) is 17.2. The van der Waals surface area contributed by atoms with Crippen LogP contribution < -0.4 is 10.6 Å². The molecule has 4 heteroatoms. The van der Waals surface area contributed by atoms with Crippen molar-refractivity contribution < 1.29 is 9.21 Å². The molecule has 0 saturated carbocycles. The van der Waals surface area contributed by atoms with Crippen molar-refractivity contribution in [2.75, 3.05) is 17.7 Å². The van der Waals surface area contributed by atoms with Gasteiger partial charge in [0.05, 0.1) is 5.69 Å². The Bertz CT molecular complexity index is 1030. The predicted molar refractivity (Wildman–Crippen MR) is 101 cm³/mol. The smallest absolute Gasteiger partial charge is 0.224 e. The van der Waals surface area contributed by atoms with Crippen LogP contribution in [0.25, 0.3) is 11.0 Å². The predicted octanol–water partition coefficient (Wildman–Crippen LogP) is 4.51. The number of nitrogens with two attached hydrogens (primary N) is 1. The van der Waals surface area contributed by atoms with Crippen molar-refractivity contribution >= 4 is 28.1 Å². The number of carbonyl (C=O) groups excluding carboxylic acids is 1. The van der Waals surface area contributed by atoms with Gasteiger partial charge in [-0.15, -0.1) is 0 Å². The lowest BCUT2D eigenvalue weighted by Crippen LogP contribution is -2.24. The SMILES string of the molecule is CN1/C(=C/C(=O)c2oc3ccccc3c2N)C(C)(C)c2ccccc21. The van der Waals surface area contributed by atoms with Crippen LogP contribution in [0.4, 0.5) is 11.4 Å². The monoisotopic (exact) mass is 332 g/mol. The van der Waals surface area contributed by atoms with Gasteiger partial charge in [-0.2, -0.15) is 0 Å². The highest BCUT2D eigenvalue weighted by Gasteiger charge is 2.38. The molecule has 0 atom stereocenters. The minimum Gasteiger partial charge on any atom is -0.450 e. The van der Waals surface area contributed by atoms with Gasteiger partial charge in [0.25, 0.3) is 0 Å². The molecule has 2 heterocycles. The van der Waals surface area contributed by atoms with Crippen LogP contribution in [0.2, 0.25) is 0 Å². The summed E-state index contributed by atoms with van der Waals surface area (Å²) in [6, 6.07) is 15.6. The molecule has 1 aliphatic heterocycles. The zero-order chi connectivity index (χ0) is 17.8. The first-order valence-electron chi connectivity index (χ1n) is 8.28. The third kappa shape index (κ3) is 2.18. The topological polar surface area (TPSA) is 59.5 Å². The molecule has 0 spiro atoms. The summed E-state index contributed by atoms with van der Waals surface area (Å²) in [5.41, 5.74) is 10.2. The Labute approximate surface area is 146 Å². The first-order chi connectivity index (χ1) is 11.9. The average molecular weight is 332 g/mol. The van der Waals surface area contributed by atoms with Crippen LogP contribution in [-0.4, -0.2) is 12.8 Å². The van der Waals surface area contributed by atoms with Gasteiger partial charge in [0.1, 0.15) is 5.58 Å². The quantitative estimate of drug-likeness (QED) is 0.554. The minimum atomic E-state index is -0.262. The van der Waals surface area contributed by atoms with Crippen LogP contribution in [0.1, 0.15) is 30.0 Å². The summed E-state index contributed by atoms with van der Waals surface area (Å²) in [6.45, 7) is 4.24. The third-order valence-corrected chi connectivity index (χ3v) is 5.07. The molecule has 3 aromatic rings. The third-order valence-electron chi connectivity index (χ3n) is 5.07. The van der Waals surface area contributed by atoms with E-state index in [1.807, 2.05) is 43.4 Å². The summed E-state index contributed by atoms with van der Waals surface area (Å²) >= 11 is 0. The summed E-state index contributed by atoms with van der Waals surface area (Å²) in [5.74, 6) is -0.00899. The zero-order valence-electron chi connectivity index (χ0n) is 14.5. The number of para-hydroxylation sites is 2. The maximum atomic E-state index is 12.9. The van der Waals surface area contributed by atoms with Gasteiger partial charge in [-0.3, -0.25) is 4.79 Å². The average Bonchev–Trinajstić information content (AvgIpc) is 3.04. The van der Waals surface area contributed by atoms with Crippen LogP contribution in [0.3, 0.4) is 0 Å². The molecule has 0 unspecified atom stereocenters. The number of carbonyl (C=O) groups is 1. The van der Waals surface area contributed by atoms with Crippen LogP contribution in [0.5, 0.6) is 0 Å². The molecule has 25 heavy (non-hydrogen) atoms. The van der Waals surface area contributed by atoms with E-state index in [2.05, 4.69) is 30.9 Å². The molecule has 126 valence electrons. The van der Waals surface area contributed by atoms with Crippen LogP contribution >= 0.6 is 0 Å². The Morgan fingerprint density at radius 1 is 1.12 bits per heavy atom. The van der Waals surface area contributed by atoms with Crippen molar-refractivity contribution in [3.05, 3.63) is 71.6 Å². The van der Waals surface area contributed by atoms with Crippen molar-refractivity contribution in [3.8, 4) is 0 Å². The Morgan fingerprint density at radius 2 is 1.80 bits per heavy atom. The van der Waals surface area contributed by atoms with E-state index < -0.39 is 0 Å². The molecule has 0 fully saturated rings. The highest BCUT2D eigenvalue weighted by molar-refractivity contribution is 6.12. The van der Waals surface area contributed by atoms with Gasteiger partial charge < -0.3 is 15.1 Å². The summed E-state index contributed by atoms with van der Waals surface area (Å²) in [7, 11) is 1.98. The van der Waals surface area contributed by atoms with E-state index in [1.165, 1.54) is 5.56 Å². The number of benzene rings is 2. The molecule has 0 radical (unpaired) electrons. The van der Waals surface area contributed by atoms with E-state index in [9.17, 15) is 4.79 Å². The van der Waals surface area contributed by atoms with E-state index in [1.54, 1.807) is 6.08 Å². The minimum absolute atomic E-state index is 0.203. The molecule has 1 aliphatic rings. The molecule has 4 rings (SSSR count). The number of ketones is 1. The first-order valence-corrected chi connectivity index (χ1v) is 8.28. The summed E-state index contributed by atoms with van der Waals surface area (Å²) in [6.07, 6.45) is 1.65. The number of hydrogen-bond acceptors (Lipinski definition) is 4. The number of anilines is 2. The maximum absolute atomic E-state index is 12.9. The summed E-state index contributed by atoms with van der Waals surface area (Å²) < 4.78 is 5.71. The van der Waals surface area contributed by atoms with Crippen LogP contribution in [0.15, 0.2) is 64.7 Å². The second kappa shape index (κ2) is 5.24. The molecular weight excluding hydrogens is 312 g/mol. The van der Waals surface area contributed by atoms with Gasteiger partial charge in [0.15, 0.2) is 5.76 Å². The van der Waals surface area contributed by atoms with Gasteiger partial charge in [-0.05, 0) is 23.8 Å². The standard InChI is InChI=1S/C21H20N2O2/c1-21(2)14-9-5-6-10-15(14)23(3)18(21)12-16(24)20-19(22)13-8-4-7-11-17(13)25-20/h4-12H,22H2,1-3H3/b18-12+. The van der Waals surface area contributed by atoms with Crippen LogP contribution in [-0.2, 0) is 5.41 Å². The Kier molecular flexibility index (Phi) is 3.25. The van der Waals surface area contributed by atoms with Gasteiger partial charge in [0, 0.05) is 35.3 Å². The first kappa shape index (κ1) is 15.5. The fourth-order valence-electron chi connectivity index (χ4n) is 3.70. The van der Waals surface area contributed by atoms with E-state index in [0.717, 1.165) is 16.8 Å².